The van der Waals surface area contributed by atoms with Gasteiger partial charge >= 0.3 is 5.97 Å². The smallest absolute Gasteiger partial charge is 0.332 e. The molecular weight excluding hydrogens is 219 g/mol. The Bertz CT molecular complexity index is 118. The maximum absolute atomic E-state index is 10.1. The van der Waals surface area contributed by atoms with Crippen molar-refractivity contribution in [2.24, 2.45) is 0 Å². The van der Waals surface area contributed by atoms with Gasteiger partial charge in [-0.2, -0.15) is 0 Å². The molecule has 0 unspecified atom stereocenters. The Kier molecular flexibility index (Phi) is 3.85. The highest BCUT2D eigenvalue weighted by atomic mass is 127. The van der Waals surface area contributed by atoms with E-state index in [-0.39, 0.29) is 0 Å². The van der Waals surface area contributed by atoms with Crippen LogP contribution in [0, 0.1) is 0 Å². The maximum atomic E-state index is 10.1. The average molecular weight is 226 g/mol. The molecule has 0 aromatic carbocycles. The molecule has 0 aromatic rings. The van der Waals surface area contributed by atoms with Gasteiger partial charge in [0.1, 0.15) is 0 Å². The lowest BCUT2D eigenvalue weighted by molar-refractivity contribution is -0.132. The van der Waals surface area contributed by atoms with Gasteiger partial charge in [-0.3, -0.25) is 0 Å². The molecule has 0 saturated carbocycles. The van der Waals surface area contributed by atoms with E-state index in [1.165, 1.54) is 0 Å². The van der Waals surface area contributed by atoms with Crippen molar-refractivity contribution in [1.82, 2.24) is 0 Å². The predicted molar refractivity (Wildman–Crippen MR) is 40.0 cm³/mol. The summed E-state index contributed by atoms with van der Waals surface area (Å²) in [6, 6.07) is 0. The standard InChI is InChI=1S/C5H7IO2/c1-2-4(3-6)5(7)8/h3H,2H2,1H3,(H,7,8). The summed E-state index contributed by atoms with van der Waals surface area (Å²) in [6.07, 6.45) is 0.596. The van der Waals surface area contributed by atoms with E-state index in [0.29, 0.717) is 12.0 Å². The first-order valence-electron chi connectivity index (χ1n) is 2.25. The molecular formula is C5H7IO2. The molecule has 1 N–H and O–H groups in total. The molecule has 0 aliphatic heterocycles. The van der Waals surface area contributed by atoms with E-state index in [4.69, 9.17) is 5.11 Å². The zero-order valence-corrected chi connectivity index (χ0v) is 6.68. The summed E-state index contributed by atoms with van der Waals surface area (Å²) < 4.78 is 1.58. The summed E-state index contributed by atoms with van der Waals surface area (Å²) in [5.41, 5.74) is 0.464. The van der Waals surface area contributed by atoms with Crippen LogP contribution in [0.4, 0.5) is 0 Å². The van der Waals surface area contributed by atoms with Crippen LogP contribution in [-0.4, -0.2) is 11.1 Å². The van der Waals surface area contributed by atoms with Crippen LogP contribution in [0.25, 0.3) is 0 Å². The average Bonchev–Trinajstić information content (AvgIpc) is 1.69. The van der Waals surface area contributed by atoms with Gasteiger partial charge < -0.3 is 5.11 Å². The molecule has 0 aliphatic rings. The third-order valence-electron chi connectivity index (χ3n) is 0.787. The van der Waals surface area contributed by atoms with Crippen molar-refractivity contribution in [2.75, 3.05) is 0 Å². The first-order valence-corrected chi connectivity index (χ1v) is 3.49. The molecule has 8 heavy (non-hydrogen) atoms. The Balaban J connectivity index is 3.92. The van der Waals surface area contributed by atoms with Gasteiger partial charge in [-0.05, 0) is 10.5 Å². The van der Waals surface area contributed by atoms with Crippen LogP contribution >= 0.6 is 22.6 Å². The lowest BCUT2D eigenvalue weighted by atomic mass is 10.2. The van der Waals surface area contributed by atoms with Crippen LogP contribution in [-0.2, 0) is 4.79 Å². The van der Waals surface area contributed by atoms with Gasteiger partial charge in [-0.15, -0.1) is 0 Å². The fraction of sp³-hybridized carbons (Fsp3) is 0.400. The minimum Gasteiger partial charge on any atom is -0.478 e. The molecule has 0 radical (unpaired) electrons. The second kappa shape index (κ2) is 3.88. The second-order valence-electron chi connectivity index (χ2n) is 1.29. The molecule has 2 nitrogen and oxygen atoms in total. The third-order valence-corrected chi connectivity index (χ3v) is 1.54. The van der Waals surface area contributed by atoms with Crippen molar-refractivity contribution in [2.45, 2.75) is 13.3 Å². The first-order chi connectivity index (χ1) is 3.72. The van der Waals surface area contributed by atoms with E-state index in [1.54, 1.807) is 4.08 Å². The number of hydrogen-bond donors (Lipinski definition) is 1. The highest BCUT2D eigenvalue weighted by Gasteiger charge is 2.00. The Morgan fingerprint density at radius 2 is 2.38 bits per heavy atom. The minimum atomic E-state index is -0.818. The summed E-state index contributed by atoms with van der Waals surface area (Å²) in [6.45, 7) is 1.82. The predicted octanol–water partition coefficient (Wildman–Crippen LogP) is 1.80. The van der Waals surface area contributed by atoms with Crippen LogP contribution in [0.3, 0.4) is 0 Å². The quantitative estimate of drug-likeness (QED) is 0.575. The highest BCUT2D eigenvalue weighted by molar-refractivity contribution is 14.1. The zero-order valence-electron chi connectivity index (χ0n) is 4.52. The van der Waals surface area contributed by atoms with Gasteiger partial charge in [0.25, 0.3) is 0 Å². The maximum Gasteiger partial charge on any atom is 0.332 e. The highest BCUT2D eigenvalue weighted by Crippen LogP contribution is 2.02. The van der Waals surface area contributed by atoms with E-state index < -0.39 is 5.97 Å². The fourth-order valence-corrected chi connectivity index (χ4v) is 0.982. The summed E-state index contributed by atoms with van der Waals surface area (Å²) in [7, 11) is 0. The Hall–Kier alpha value is -0.0600. The lowest BCUT2D eigenvalue weighted by Gasteiger charge is -1.90. The summed E-state index contributed by atoms with van der Waals surface area (Å²) in [5.74, 6) is -0.818. The van der Waals surface area contributed by atoms with Crippen molar-refractivity contribution in [3.05, 3.63) is 9.66 Å². The van der Waals surface area contributed by atoms with Crippen molar-refractivity contribution in [3.8, 4) is 0 Å². The molecule has 0 bridgehead atoms. The summed E-state index contributed by atoms with van der Waals surface area (Å²) in [4.78, 5) is 10.1. The first kappa shape index (κ1) is 7.94. The van der Waals surface area contributed by atoms with Gasteiger partial charge in [0.15, 0.2) is 0 Å². The Morgan fingerprint density at radius 1 is 1.88 bits per heavy atom. The van der Waals surface area contributed by atoms with Gasteiger partial charge in [0, 0.05) is 5.57 Å². The van der Waals surface area contributed by atoms with Gasteiger partial charge in [-0.25, -0.2) is 4.79 Å². The fourth-order valence-electron chi connectivity index (χ4n) is 0.275. The van der Waals surface area contributed by atoms with Gasteiger partial charge in [-0.1, -0.05) is 29.5 Å². The van der Waals surface area contributed by atoms with E-state index in [9.17, 15) is 4.79 Å². The number of rotatable bonds is 2. The Labute approximate surface area is 61.7 Å². The van der Waals surface area contributed by atoms with Gasteiger partial charge in [0.2, 0.25) is 0 Å². The van der Waals surface area contributed by atoms with Crippen molar-refractivity contribution in [3.63, 3.8) is 0 Å². The van der Waals surface area contributed by atoms with Crippen LogP contribution in [0.5, 0.6) is 0 Å². The molecule has 0 amide bonds. The molecule has 3 heteroatoms. The molecule has 0 saturated heterocycles. The number of halogens is 1. The topological polar surface area (TPSA) is 37.3 Å². The minimum absolute atomic E-state index is 0.464. The molecule has 0 fully saturated rings. The summed E-state index contributed by atoms with van der Waals surface area (Å²) in [5, 5.41) is 8.30. The largest absolute Gasteiger partial charge is 0.478 e. The van der Waals surface area contributed by atoms with Crippen LogP contribution in [0.15, 0.2) is 9.66 Å². The van der Waals surface area contributed by atoms with E-state index in [0.717, 1.165) is 0 Å². The number of carboxylic acids is 1. The molecule has 0 spiro atoms. The number of carbonyl (C=O) groups is 1. The van der Waals surface area contributed by atoms with Gasteiger partial charge in [0.05, 0.1) is 0 Å². The summed E-state index contributed by atoms with van der Waals surface area (Å²) >= 11 is 1.92. The molecule has 0 heterocycles. The monoisotopic (exact) mass is 226 g/mol. The number of aliphatic carboxylic acids is 1. The molecule has 0 rings (SSSR count). The third kappa shape index (κ3) is 2.30. The van der Waals surface area contributed by atoms with Crippen LogP contribution in [0.1, 0.15) is 13.3 Å². The zero-order chi connectivity index (χ0) is 6.57. The molecule has 0 aromatic heterocycles. The molecule has 0 aliphatic carbocycles. The molecule has 46 valence electrons. The number of carboxylic acid groups (broad SMARTS) is 1. The second-order valence-corrected chi connectivity index (χ2v) is 1.92. The molecule has 0 atom stereocenters. The van der Waals surface area contributed by atoms with Crippen molar-refractivity contribution < 1.29 is 9.90 Å². The lowest BCUT2D eigenvalue weighted by Crippen LogP contribution is -1.96. The Morgan fingerprint density at radius 3 is 2.38 bits per heavy atom. The number of hydrogen-bond acceptors (Lipinski definition) is 1. The SMILES string of the molecule is CCC(=CI)C(=O)O. The van der Waals surface area contributed by atoms with Crippen molar-refractivity contribution >= 4 is 28.6 Å². The van der Waals surface area contributed by atoms with Crippen molar-refractivity contribution in [1.29, 1.82) is 0 Å². The van der Waals surface area contributed by atoms with E-state index in [2.05, 4.69) is 0 Å². The van der Waals surface area contributed by atoms with Crippen LogP contribution < -0.4 is 0 Å². The van der Waals surface area contributed by atoms with E-state index in [1.807, 2.05) is 29.5 Å². The van der Waals surface area contributed by atoms with Crippen LogP contribution in [0.2, 0.25) is 0 Å². The van der Waals surface area contributed by atoms with E-state index >= 15 is 0 Å². The normalized spacial score (nSPS) is 11.5.